The van der Waals surface area contributed by atoms with Crippen molar-refractivity contribution in [2.45, 2.75) is 25.5 Å². The number of ether oxygens (including phenoxy) is 1. The number of piperidine rings is 1. The van der Waals surface area contributed by atoms with E-state index in [1.165, 1.54) is 4.90 Å². The van der Waals surface area contributed by atoms with Crippen LogP contribution in [0.3, 0.4) is 0 Å². The quantitative estimate of drug-likeness (QED) is 0.521. The fraction of sp³-hybridized carbons (Fsp3) is 0.391. The maximum atomic E-state index is 12.5. The van der Waals surface area contributed by atoms with Crippen LogP contribution in [-0.2, 0) is 11.3 Å². The summed E-state index contributed by atoms with van der Waals surface area (Å²) in [5.41, 5.74) is 4.32. The second-order valence-electron chi connectivity index (χ2n) is 8.11. The number of aliphatic hydroxyl groups is 1. The first-order valence-electron chi connectivity index (χ1n) is 10.8. The van der Waals surface area contributed by atoms with Crippen LogP contribution >= 0.6 is 0 Å². The van der Waals surface area contributed by atoms with Crippen molar-refractivity contribution in [2.75, 3.05) is 43.1 Å². The van der Waals surface area contributed by atoms with E-state index in [0.717, 1.165) is 35.3 Å². The maximum absolute atomic E-state index is 12.5. The molecule has 1 saturated heterocycles. The summed E-state index contributed by atoms with van der Waals surface area (Å²) in [6.07, 6.45) is 1.16. The number of carbonyl (C=O) groups is 2. The Morgan fingerprint density at radius 1 is 1.22 bits per heavy atom. The van der Waals surface area contributed by atoms with Gasteiger partial charge in [-0.25, -0.2) is 4.79 Å². The Kier molecular flexibility index (Phi) is 6.59. The highest BCUT2D eigenvalue weighted by Gasteiger charge is 2.34. The Balaban J connectivity index is 1.48. The smallest absolute Gasteiger partial charge is 0.414 e. The largest absolute Gasteiger partial charge is 0.630 e. The van der Waals surface area contributed by atoms with E-state index in [0.29, 0.717) is 30.9 Å². The third-order valence-corrected chi connectivity index (χ3v) is 6.15. The molecule has 4 rings (SSSR count). The van der Waals surface area contributed by atoms with E-state index in [2.05, 4.69) is 4.90 Å². The number of nitrogens with zero attached hydrogens (tertiary/aromatic N) is 3. The lowest BCUT2D eigenvalue weighted by Gasteiger charge is -2.41. The molecule has 9 heteroatoms. The molecule has 0 unspecified atom stereocenters. The number of carbonyl (C=O) groups excluding carboxylic acids is 2. The van der Waals surface area contributed by atoms with E-state index in [1.807, 2.05) is 24.3 Å². The summed E-state index contributed by atoms with van der Waals surface area (Å²) in [7, 11) is 1.61. The van der Waals surface area contributed by atoms with Gasteiger partial charge in [0.25, 0.3) is 5.91 Å². The summed E-state index contributed by atoms with van der Waals surface area (Å²) in [6.45, 7) is 1.76. The van der Waals surface area contributed by atoms with Crippen LogP contribution in [0.4, 0.5) is 21.9 Å². The topological polar surface area (TPSA) is 113 Å². The summed E-state index contributed by atoms with van der Waals surface area (Å²) < 4.78 is 5.37. The van der Waals surface area contributed by atoms with Gasteiger partial charge in [0.15, 0.2) is 5.69 Å². The van der Waals surface area contributed by atoms with Crippen LogP contribution in [0.25, 0.3) is 0 Å². The molecule has 32 heavy (non-hydrogen) atoms. The number of likely N-dealkylation sites (N-methyl/N-ethyl adjacent to an activating group) is 1. The number of anilines is 2. The highest BCUT2D eigenvalue weighted by atomic mass is 16.6. The second kappa shape index (κ2) is 9.56. The monoisotopic (exact) mass is 440 g/mol. The van der Waals surface area contributed by atoms with Gasteiger partial charge in [0.1, 0.15) is 6.61 Å². The number of fused-ring (bicyclic) bond motifs is 1. The molecule has 2 aliphatic rings. The Morgan fingerprint density at radius 3 is 2.69 bits per heavy atom. The van der Waals surface area contributed by atoms with Crippen molar-refractivity contribution in [3.8, 4) is 0 Å². The minimum atomic E-state index is -0.314. The summed E-state index contributed by atoms with van der Waals surface area (Å²) in [4.78, 5) is 30.3. The van der Waals surface area contributed by atoms with Gasteiger partial charge in [-0.3, -0.25) is 9.69 Å². The molecule has 0 radical (unpaired) electrons. The Labute approximate surface area is 186 Å². The van der Waals surface area contributed by atoms with Gasteiger partial charge in [0, 0.05) is 49.9 Å². The number of benzene rings is 2. The van der Waals surface area contributed by atoms with E-state index < -0.39 is 0 Å². The zero-order chi connectivity index (χ0) is 22.7. The van der Waals surface area contributed by atoms with Gasteiger partial charge < -0.3 is 30.3 Å². The van der Waals surface area contributed by atoms with Crippen molar-refractivity contribution in [3.63, 3.8) is 0 Å². The molecule has 2 heterocycles. The third kappa shape index (κ3) is 4.27. The van der Waals surface area contributed by atoms with Crippen molar-refractivity contribution < 1.29 is 24.9 Å². The fourth-order valence-corrected chi connectivity index (χ4v) is 4.43. The Bertz CT molecular complexity index is 990. The van der Waals surface area contributed by atoms with Crippen molar-refractivity contribution in [1.29, 1.82) is 0 Å². The number of para-hydroxylation sites is 1. The normalized spacial score (nSPS) is 16.5. The number of rotatable bonds is 6. The highest BCUT2D eigenvalue weighted by molar-refractivity contribution is 5.95. The Hall–Kier alpha value is -3.14. The molecule has 1 fully saturated rings. The molecule has 0 atom stereocenters. The van der Waals surface area contributed by atoms with Gasteiger partial charge in [-0.15, -0.1) is 0 Å². The van der Waals surface area contributed by atoms with Crippen LogP contribution in [0.15, 0.2) is 42.5 Å². The molecule has 0 spiro atoms. The number of cyclic esters (lactones) is 1. The average Bonchev–Trinajstić information content (AvgIpc) is 2.83. The SMILES string of the molecule is CN(CCO)C(=O)c1ccc(N2CCC(N3C(=O)OCc4ccccc43)CC2)c([NH2+][O-])c1. The summed E-state index contributed by atoms with van der Waals surface area (Å²) >= 11 is 0. The predicted molar refractivity (Wildman–Crippen MR) is 120 cm³/mol. The predicted octanol–water partition coefficient (Wildman–Crippen LogP) is 1.57. The standard InChI is InChI=1S/C23H28N4O5/c1-25(12-13-28)22(29)16-6-7-21(19(14-16)24-31)26-10-8-18(9-11-26)27-20-5-3-2-4-17(20)15-32-23(27)30/h2-7,14,18,28H,8-13,15,24H2,1H3. The lowest BCUT2D eigenvalue weighted by atomic mass is 9.99. The van der Waals surface area contributed by atoms with Crippen molar-refractivity contribution in [1.82, 2.24) is 4.90 Å². The molecule has 0 aromatic heterocycles. The molecular formula is C23H28N4O5. The van der Waals surface area contributed by atoms with Gasteiger partial charge in [0.2, 0.25) is 0 Å². The molecule has 170 valence electrons. The zero-order valence-corrected chi connectivity index (χ0v) is 18.1. The van der Waals surface area contributed by atoms with Gasteiger partial charge in [-0.05, 0) is 31.0 Å². The first-order chi connectivity index (χ1) is 15.5. The third-order valence-electron chi connectivity index (χ3n) is 6.15. The van der Waals surface area contributed by atoms with Crippen LogP contribution in [0.5, 0.6) is 0 Å². The molecule has 2 aromatic carbocycles. The van der Waals surface area contributed by atoms with E-state index in [-0.39, 0.29) is 31.2 Å². The van der Waals surface area contributed by atoms with Crippen LogP contribution in [0.1, 0.15) is 28.8 Å². The van der Waals surface area contributed by atoms with Crippen molar-refractivity contribution in [2.24, 2.45) is 0 Å². The summed E-state index contributed by atoms with van der Waals surface area (Å²) in [6, 6.07) is 12.9. The molecule has 2 aromatic rings. The molecule has 0 bridgehead atoms. The van der Waals surface area contributed by atoms with Crippen LogP contribution in [-0.4, -0.2) is 61.3 Å². The number of hydrogen-bond acceptors (Lipinski definition) is 6. The maximum Gasteiger partial charge on any atom is 0.414 e. The Morgan fingerprint density at radius 2 is 1.97 bits per heavy atom. The van der Waals surface area contributed by atoms with Crippen LogP contribution in [0.2, 0.25) is 0 Å². The van der Waals surface area contributed by atoms with E-state index >= 15 is 0 Å². The van der Waals surface area contributed by atoms with Crippen LogP contribution < -0.4 is 15.3 Å². The second-order valence-corrected chi connectivity index (χ2v) is 8.11. The van der Waals surface area contributed by atoms with E-state index in [1.54, 1.807) is 30.1 Å². The van der Waals surface area contributed by atoms with Gasteiger partial charge in [0.05, 0.1) is 18.0 Å². The lowest BCUT2D eigenvalue weighted by Crippen LogP contribution is -2.70. The number of nitrogens with two attached hydrogens (primary N) is 1. The van der Waals surface area contributed by atoms with E-state index in [9.17, 15) is 14.8 Å². The zero-order valence-electron chi connectivity index (χ0n) is 18.1. The molecule has 9 nitrogen and oxygen atoms in total. The minimum Gasteiger partial charge on any atom is -0.630 e. The first kappa shape index (κ1) is 22.1. The number of hydrogen-bond donors (Lipinski definition) is 2. The first-order valence-corrected chi connectivity index (χ1v) is 10.8. The van der Waals surface area contributed by atoms with E-state index in [4.69, 9.17) is 9.84 Å². The minimum absolute atomic E-state index is 0.0212. The van der Waals surface area contributed by atoms with Gasteiger partial charge in [-0.2, -0.15) is 0 Å². The van der Waals surface area contributed by atoms with Crippen molar-refractivity contribution >= 4 is 29.1 Å². The molecule has 0 saturated carbocycles. The molecular weight excluding hydrogens is 412 g/mol. The lowest BCUT2D eigenvalue weighted by molar-refractivity contribution is -0.496. The number of amides is 2. The van der Waals surface area contributed by atoms with Crippen molar-refractivity contribution in [3.05, 3.63) is 58.8 Å². The molecule has 2 amide bonds. The summed E-state index contributed by atoms with van der Waals surface area (Å²) in [5.74, 6) is -0.241. The summed E-state index contributed by atoms with van der Waals surface area (Å²) in [5, 5.41) is 20.8. The van der Waals surface area contributed by atoms with Gasteiger partial charge >= 0.3 is 6.09 Å². The fourth-order valence-electron chi connectivity index (χ4n) is 4.43. The molecule has 0 aliphatic carbocycles. The molecule has 3 N–H and O–H groups in total. The van der Waals surface area contributed by atoms with Crippen LogP contribution in [0, 0.1) is 5.21 Å². The average molecular weight is 441 g/mol. The molecule has 2 aliphatic heterocycles. The number of aliphatic hydroxyl groups excluding tert-OH is 1. The van der Waals surface area contributed by atoms with Gasteiger partial charge in [-0.1, -0.05) is 18.2 Å². The number of quaternary nitrogens is 1. The highest BCUT2D eigenvalue weighted by Crippen LogP contribution is 2.34.